The molecule has 9 heteroatoms. The van der Waals surface area contributed by atoms with Crippen molar-refractivity contribution in [1.29, 1.82) is 0 Å². The molecule has 1 N–H and O–H groups in total. The van der Waals surface area contributed by atoms with Gasteiger partial charge in [-0.3, -0.25) is 9.69 Å². The number of hydrogen-bond acceptors (Lipinski definition) is 5. The molecule has 0 spiro atoms. The number of fused-ring (bicyclic) bond motifs is 1. The van der Waals surface area contributed by atoms with Crippen LogP contribution in [0.15, 0.2) is 60.7 Å². The van der Waals surface area contributed by atoms with Crippen LogP contribution in [0.5, 0.6) is 5.88 Å². The minimum absolute atomic E-state index is 0.0804. The Morgan fingerprint density at radius 2 is 2.06 bits per heavy atom. The van der Waals surface area contributed by atoms with Crippen LogP contribution in [0.1, 0.15) is 23.5 Å². The van der Waals surface area contributed by atoms with Gasteiger partial charge in [0.15, 0.2) is 0 Å². The molecule has 5 rings (SSSR count). The van der Waals surface area contributed by atoms with E-state index >= 15 is 0 Å². The molecule has 1 aliphatic heterocycles. The van der Waals surface area contributed by atoms with Gasteiger partial charge < -0.3 is 14.6 Å². The van der Waals surface area contributed by atoms with Crippen LogP contribution >= 0.6 is 11.6 Å². The molecule has 7 nitrogen and oxygen atoms in total. The third kappa shape index (κ3) is 5.24. The zero-order valence-electron chi connectivity index (χ0n) is 19.7. The highest BCUT2D eigenvalue weighted by molar-refractivity contribution is 6.30. The fourth-order valence-electron chi connectivity index (χ4n) is 4.30. The molecule has 2 aromatic heterocycles. The number of halogens is 2. The summed E-state index contributed by atoms with van der Waals surface area (Å²) in [7, 11) is 2.01. The second kappa shape index (κ2) is 10.5. The van der Waals surface area contributed by atoms with E-state index in [9.17, 15) is 9.18 Å². The molecule has 36 heavy (non-hydrogen) atoms. The smallest absolute Gasteiger partial charge is 0.214 e. The molecular formula is C27H25ClFN5O2. The monoisotopic (exact) mass is 505 g/mol. The first-order valence-electron chi connectivity index (χ1n) is 11.6. The Morgan fingerprint density at radius 1 is 1.17 bits per heavy atom. The van der Waals surface area contributed by atoms with Gasteiger partial charge in [0.25, 0.3) is 0 Å². The Kier molecular flexibility index (Phi) is 6.97. The van der Waals surface area contributed by atoms with E-state index in [2.05, 4.69) is 25.8 Å². The number of ether oxygens (including phenoxy) is 1. The first-order valence-corrected chi connectivity index (χ1v) is 12.0. The van der Waals surface area contributed by atoms with Gasteiger partial charge in [0.05, 0.1) is 23.3 Å². The number of carbonyl (C=O) groups is 1. The summed E-state index contributed by atoms with van der Waals surface area (Å²) in [4.78, 5) is 22.5. The Hall–Kier alpha value is -3.75. The van der Waals surface area contributed by atoms with Crippen LogP contribution in [0.4, 0.5) is 10.1 Å². The quantitative estimate of drug-likeness (QED) is 0.333. The van der Waals surface area contributed by atoms with Crippen LogP contribution in [0, 0.1) is 5.82 Å². The lowest BCUT2D eigenvalue weighted by atomic mass is 10.0. The number of aromatic nitrogens is 3. The highest BCUT2D eigenvalue weighted by Crippen LogP contribution is 2.25. The summed E-state index contributed by atoms with van der Waals surface area (Å²) < 4.78 is 21.9. The molecule has 1 aliphatic rings. The number of pyridine rings is 1. The number of aryl methyl sites for hydroxylation is 1. The van der Waals surface area contributed by atoms with Crippen LogP contribution < -0.4 is 10.1 Å². The van der Waals surface area contributed by atoms with Gasteiger partial charge in [-0.1, -0.05) is 29.8 Å². The Morgan fingerprint density at radius 3 is 2.83 bits per heavy atom. The predicted molar refractivity (Wildman–Crippen MR) is 138 cm³/mol. The summed E-state index contributed by atoms with van der Waals surface area (Å²) in [6.07, 6.45) is 3.70. The molecule has 3 heterocycles. The van der Waals surface area contributed by atoms with Gasteiger partial charge in [0.1, 0.15) is 18.2 Å². The first-order chi connectivity index (χ1) is 17.5. The van der Waals surface area contributed by atoms with Crippen LogP contribution in [-0.4, -0.2) is 38.9 Å². The van der Waals surface area contributed by atoms with Gasteiger partial charge in [-0.15, -0.1) is 0 Å². The minimum atomic E-state index is -0.396. The second-order valence-corrected chi connectivity index (χ2v) is 9.09. The number of amides is 1. The number of rotatable bonds is 8. The molecule has 0 aliphatic carbocycles. The van der Waals surface area contributed by atoms with E-state index in [1.54, 1.807) is 18.2 Å². The van der Waals surface area contributed by atoms with E-state index in [-0.39, 0.29) is 6.61 Å². The van der Waals surface area contributed by atoms with E-state index in [0.717, 1.165) is 53.3 Å². The minimum Gasteiger partial charge on any atom is -0.473 e. The van der Waals surface area contributed by atoms with Gasteiger partial charge in [-0.2, -0.15) is 0 Å². The van der Waals surface area contributed by atoms with Crippen LogP contribution in [0.3, 0.4) is 0 Å². The van der Waals surface area contributed by atoms with Crippen molar-refractivity contribution >= 4 is 40.3 Å². The summed E-state index contributed by atoms with van der Waals surface area (Å²) in [6.45, 7) is 2.45. The maximum Gasteiger partial charge on any atom is 0.214 e. The Balaban J connectivity index is 1.23. The number of hydrogen-bond donors (Lipinski definition) is 1. The number of benzene rings is 2. The van der Waals surface area contributed by atoms with Gasteiger partial charge >= 0.3 is 0 Å². The third-order valence-corrected chi connectivity index (χ3v) is 6.54. The average molecular weight is 506 g/mol. The van der Waals surface area contributed by atoms with Crippen LogP contribution in [0.2, 0.25) is 5.02 Å². The summed E-state index contributed by atoms with van der Waals surface area (Å²) in [6, 6.07) is 15.9. The van der Waals surface area contributed by atoms with Gasteiger partial charge in [0.2, 0.25) is 12.3 Å². The van der Waals surface area contributed by atoms with Crippen molar-refractivity contribution in [3.05, 3.63) is 88.6 Å². The van der Waals surface area contributed by atoms with Crippen molar-refractivity contribution in [2.45, 2.75) is 19.6 Å². The molecule has 0 saturated heterocycles. The maximum absolute atomic E-state index is 14.0. The standard InChI is InChI=1S/C27H25ClFN5O2/c1-33-25-8-7-21(30-17-35)14-24(25)31-26(33)15-34-11-9-18(10-12-34)23-3-2-4-27(32-23)36-16-19-5-6-20(28)13-22(19)29/h2-9,13-14,17H,10-12,15-16H2,1H3,(H,30,35). The van der Waals surface area contributed by atoms with Crippen molar-refractivity contribution in [1.82, 2.24) is 19.4 Å². The summed E-state index contributed by atoms with van der Waals surface area (Å²) >= 11 is 5.82. The highest BCUT2D eigenvalue weighted by atomic mass is 35.5. The van der Waals surface area contributed by atoms with Crippen molar-refractivity contribution in [3.8, 4) is 5.88 Å². The van der Waals surface area contributed by atoms with Crippen molar-refractivity contribution in [2.75, 3.05) is 18.4 Å². The lowest BCUT2D eigenvalue weighted by Gasteiger charge is -2.25. The van der Waals surface area contributed by atoms with Crippen molar-refractivity contribution < 1.29 is 13.9 Å². The van der Waals surface area contributed by atoms with E-state index in [1.165, 1.54) is 6.07 Å². The molecule has 0 radical (unpaired) electrons. The van der Waals surface area contributed by atoms with E-state index < -0.39 is 5.82 Å². The molecular weight excluding hydrogens is 481 g/mol. The van der Waals surface area contributed by atoms with Crippen molar-refractivity contribution in [3.63, 3.8) is 0 Å². The highest BCUT2D eigenvalue weighted by Gasteiger charge is 2.18. The molecule has 1 amide bonds. The largest absolute Gasteiger partial charge is 0.473 e. The maximum atomic E-state index is 14.0. The summed E-state index contributed by atoms with van der Waals surface area (Å²) in [5.74, 6) is 1.02. The van der Waals surface area contributed by atoms with Gasteiger partial charge in [0, 0.05) is 42.5 Å². The van der Waals surface area contributed by atoms with Crippen LogP contribution in [-0.2, 0) is 25.0 Å². The number of imidazole rings is 1. The number of nitrogens with one attached hydrogen (secondary N) is 1. The third-order valence-electron chi connectivity index (χ3n) is 6.30. The topological polar surface area (TPSA) is 72.3 Å². The Bertz CT molecular complexity index is 1450. The molecule has 4 aromatic rings. The summed E-state index contributed by atoms with van der Waals surface area (Å²) in [5, 5.41) is 3.02. The number of carbonyl (C=O) groups excluding carboxylic acids is 1. The summed E-state index contributed by atoms with van der Waals surface area (Å²) in [5.41, 5.74) is 5.05. The average Bonchev–Trinajstić information content (AvgIpc) is 3.18. The molecule has 0 unspecified atom stereocenters. The zero-order valence-corrected chi connectivity index (χ0v) is 20.5. The lowest BCUT2D eigenvalue weighted by Crippen LogP contribution is -2.29. The van der Waals surface area contributed by atoms with Gasteiger partial charge in [-0.05, 0) is 48.4 Å². The first kappa shape index (κ1) is 24.0. The van der Waals surface area contributed by atoms with E-state index in [0.29, 0.717) is 29.4 Å². The normalized spacial score (nSPS) is 14.0. The Labute approximate surface area is 213 Å². The van der Waals surface area contributed by atoms with Gasteiger partial charge in [-0.25, -0.2) is 14.4 Å². The predicted octanol–water partition coefficient (Wildman–Crippen LogP) is 5.20. The fraction of sp³-hybridized carbons (Fsp3) is 0.222. The number of anilines is 1. The molecule has 0 saturated carbocycles. The fourth-order valence-corrected chi connectivity index (χ4v) is 4.46. The molecule has 0 atom stereocenters. The molecule has 184 valence electrons. The zero-order chi connectivity index (χ0) is 25.1. The SMILES string of the molecule is Cn1c(CN2CC=C(c3cccc(OCc4ccc(Cl)cc4F)n3)CC2)nc2cc(NC=O)ccc21. The van der Waals surface area contributed by atoms with E-state index in [4.69, 9.17) is 21.3 Å². The molecule has 0 fully saturated rings. The number of nitrogens with zero attached hydrogens (tertiary/aromatic N) is 4. The second-order valence-electron chi connectivity index (χ2n) is 8.65. The molecule has 0 bridgehead atoms. The van der Waals surface area contributed by atoms with E-state index in [1.807, 2.05) is 37.4 Å². The van der Waals surface area contributed by atoms with Crippen LogP contribution in [0.25, 0.3) is 16.6 Å². The molecule has 2 aromatic carbocycles. The lowest BCUT2D eigenvalue weighted by molar-refractivity contribution is -0.105. The van der Waals surface area contributed by atoms with Crippen molar-refractivity contribution in [2.24, 2.45) is 7.05 Å².